The van der Waals surface area contributed by atoms with Crippen LogP contribution in [-0.4, -0.2) is 34.3 Å². The SMILES string of the molecule is CCN1C(=O)O[C@@H](CI)[C@@H]1OCc1ccccc1. The fraction of sp³-hybridized carbons (Fsp3) is 0.462. The Morgan fingerprint density at radius 3 is 2.72 bits per heavy atom. The Hall–Kier alpha value is -0.820. The molecule has 0 saturated carbocycles. The second-order valence-corrected chi connectivity index (χ2v) is 4.93. The molecule has 2 atom stereocenters. The van der Waals surface area contributed by atoms with Gasteiger partial charge in [-0.3, -0.25) is 4.90 Å². The molecule has 1 heterocycles. The van der Waals surface area contributed by atoms with Gasteiger partial charge in [-0.25, -0.2) is 4.79 Å². The molecule has 0 aromatic heterocycles. The molecule has 1 aromatic carbocycles. The zero-order chi connectivity index (χ0) is 13.0. The van der Waals surface area contributed by atoms with Gasteiger partial charge in [0.25, 0.3) is 0 Å². The molecule has 0 radical (unpaired) electrons. The maximum atomic E-state index is 11.6. The average molecular weight is 361 g/mol. The topological polar surface area (TPSA) is 38.8 Å². The van der Waals surface area contributed by atoms with E-state index in [2.05, 4.69) is 22.6 Å². The normalized spacial score (nSPS) is 23.2. The largest absolute Gasteiger partial charge is 0.440 e. The van der Waals surface area contributed by atoms with Gasteiger partial charge in [0.1, 0.15) is 0 Å². The molecule has 1 saturated heterocycles. The number of hydrogen-bond donors (Lipinski definition) is 0. The van der Waals surface area contributed by atoms with Crippen LogP contribution in [0.1, 0.15) is 12.5 Å². The summed E-state index contributed by atoms with van der Waals surface area (Å²) in [5.41, 5.74) is 1.10. The molecule has 2 rings (SSSR count). The number of halogens is 1. The summed E-state index contributed by atoms with van der Waals surface area (Å²) in [5.74, 6) is 0. The van der Waals surface area contributed by atoms with Crippen LogP contribution in [0.25, 0.3) is 0 Å². The number of carbonyl (C=O) groups is 1. The van der Waals surface area contributed by atoms with E-state index in [0.717, 1.165) is 9.99 Å². The number of carbonyl (C=O) groups excluding carboxylic acids is 1. The summed E-state index contributed by atoms with van der Waals surface area (Å²) in [4.78, 5) is 13.2. The predicted octanol–water partition coefficient (Wildman–Crippen LogP) is 2.81. The highest BCUT2D eigenvalue weighted by Crippen LogP contribution is 2.23. The van der Waals surface area contributed by atoms with Gasteiger partial charge in [-0.1, -0.05) is 52.9 Å². The maximum Gasteiger partial charge on any atom is 0.412 e. The summed E-state index contributed by atoms with van der Waals surface area (Å²) in [6.07, 6.45) is -0.737. The standard InChI is InChI=1S/C13H16INO3/c1-2-15-12(11(8-14)18-13(15)16)17-9-10-6-4-3-5-7-10/h3-7,11-12H,2,8-9H2,1H3/t11-,12-/m0/s1. The molecular weight excluding hydrogens is 345 g/mol. The van der Waals surface area contributed by atoms with Crippen LogP contribution in [0.5, 0.6) is 0 Å². The fourth-order valence-corrected chi connectivity index (χ4v) is 2.54. The van der Waals surface area contributed by atoms with Crippen molar-refractivity contribution < 1.29 is 14.3 Å². The Kier molecular flexibility index (Phi) is 4.82. The van der Waals surface area contributed by atoms with Crippen LogP contribution >= 0.6 is 22.6 Å². The molecule has 1 amide bonds. The maximum absolute atomic E-state index is 11.6. The van der Waals surface area contributed by atoms with E-state index in [1.807, 2.05) is 37.3 Å². The van der Waals surface area contributed by atoms with Gasteiger partial charge in [-0.05, 0) is 12.5 Å². The van der Waals surface area contributed by atoms with Gasteiger partial charge < -0.3 is 9.47 Å². The number of rotatable bonds is 5. The summed E-state index contributed by atoms with van der Waals surface area (Å²) in [6, 6.07) is 9.93. The molecule has 4 nitrogen and oxygen atoms in total. The number of likely N-dealkylation sites (N-methyl/N-ethyl adjacent to an activating group) is 1. The van der Waals surface area contributed by atoms with Gasteiger partial charge in [0.15, 0.2) is 12.3 Å². The Bertz CT molecular complexity index is 398. The predicted molar refractivity (Wildman–Crippen MR) is 76.6 cm³/mol. The van der Waals surface area contributed by atoms with Crippen LogP contribution in [-0.2, 0) is 16.1 Å². The van der Waals surface area contributed by atoms with Crippen LogP contribution < -0.4 is 0 Å². The fourth-order valence-electron chi connectivity index (χ4n) is 1.93. The first-order valence-corrected chi connectivity index (χ1v) is 7.47. The molecule has 1 aliphatic heterocycles. The molecule has 98 valence electrons. The second-order valence-electron chi connectivity index (χ2n) is 4.05. The van der Waals surface area contributed by atoms with Gasteiger partial charge in [-0.15, -0.1) is 0 Å². The summed E-state index contributed by atoms with van der Waals surface area (Å²) < 4.78 is 11.8. The van der Waals surface area contributed by atoms with Gasteiger partial charge in [0.2, 0.25) is 0 Å². The zero-order valence-electron chi connectivity index (χ0n) is 10.2. The van der Waals surface area contributed by atoms with Crippen molar-refractivity contribution in [2.24, 2.45) is 0 Å². The van der Waals surface area contributed by atoms with E-state index in [-0.39, 0.29) is 18.4 Å². The lowest BCUT2D eigenvalue weighted by Gasteiger charge is -2.22. The van der Waals surface area contributed by atoms with Crippen molar-refractivity contribution in [3.8, 4) is 0 Å². The van der Waals surface area contributed by atoms with Gasteiger partial charge >= 0.3 is 6.09 Å². The molecule has 5 heteroatoms. The van der Waals surface area contributed by atoms with E-state index in [9.17, 15) is 4.79 Å². The van der Waals surface area contributed by atoms with Crippen molar-refractivity contribution in [2.75, 3.05) is 11.0 Å². The Labute approximate surface area is 120 Å². The van der Waals surface area contributed by atoms with Gasteiger partial charge in [0.05, 0.1) is 6.61 Å². The quantitative estimate of drug-likeness (QED) is 0.598. The summed E-state index contributed by atoms with van der Waals surface area (Å²) >= 11 is 2.21. The average Bonchev–Trinajstić information content (AvgIpc) is 2.73. The highest BCUT2D eigenvalue weighted by molar-refractivity contribution is 14.1. The van der Waals surface area contributed by atoms with E-state index < -0.39 is 0 Å². The Morgan fingerprint density at radius 1 is 1.39 bits per heavy atom. The van der Waals surface area contributed by atoms with E-state index in [0.29, 0.717) is 13.2 Å². The molecule has 0 unspecified atom stereocenters. The molecule has 0 aliphatic carbocycles. The number of ether oxygens (including phenoxy) is 2. The van der Waals surface area contributed by atoms with Crippen LogP contribution in [0.3, 0.4) is 0 Å². The van der Waals surface area contributed by atoms with Crippen molar-refractivity contribution in [3.05, 3.63) is 35.9 Å². The summed E-state index contributed by atoms with van der Waals surface area (Å²) in [6.45, 7) is 3.02. The van der Waals surface area contributed by atoms with Crippen molar-refractivity contribution in [3.63, 3.8) is 0 Å². The number of cyclic esters (lactones) is 1. The minimum absolute atomic E-state index is 0.179. The molecule has 0 bridgehead atoms. The van der Waals surface area contributed by atoms with Crippen LogP contribution in [0.2, 0.25) is 0 Å². The zero-order valence-corrected chi connectivity index (χ0v) is 12.4. The molecule has 1 aromatic rings. The third-order valence-corrected chi connectivity index (χ3v) is 3.74. The van der Waals surface area contributed by atoms with Crippen molar-refractivity contribution in [1.82, 2.24) is 4.90 Å². The highest BCUT2D eigenvalue weighted by Gasteiger charge is 2.40. The molecule has 0 N–H and O–H groups in total. The second kappa shape index (κ2) is 6.38. The molecule has 0 spiro atoms. The first kappa shape index (κ1) is 13.6. The smallest absolute Gasteiger partial charge is 0.412 e. The summed E-state index contributed by atoms with van der Waals surface area (Å²) in [7, 11) is 0. The first-order chi connectivity index (χ1) is 8.76. The number of amides is 1. The number of hydrogen-bond acceptors (Lipinski definition) is 3. The first-order valence-electron chi connectivity index (χ1n) is 5.95. The van der Waals surface area contributed by atoms with Crippen molar-refractivity contribution >= 4 is 28.7 Å². The summed E-state index contributed by atoms with van der Waals surface area (Å²) in [5, 5.41) is 0. The lowest BCUT2D eigenvalue weighted by Crippen LogP contribution is -2.39. The van der Waals surface area contributed by atoms with Crippen molar-refractivity contribution in [2.45, 2.75) is 25.9 Å². The number of alkyl halides is 1. The number of benzene rings is 1. The lowest BCUT2D eigenvalue weighted by atomic mass is 10.2. The van der Waals surface area contributed by atoms with Crippen LogP contribution in [0, 0.1) is 0 Å². The Balaban J connectivity index is 1.99. The highest BCUT2D eigenvalue weighted by atomic mass is 127. The van der Waals surface area contributed by atoms with E-state index >= 15 is 0 Å². The minimum atomic E-state index is -0.280. The lowest BCUT2D eigenvalue weighted by molar-refractivity contribution is -0.0524. The number of nitrogens with zero attached hydrogens (tertiary/aromatic N) is 1. The third kappa shape index (κ3) is 2.95. The van der Waals surface area contributed by atoms with Crippen LogP contribution in [0.4, 0.5) is 4.79 Å². The Morgan fingerprint density at radius 2 is 2.11 bits per heavy atom. The van der Waals surface area contributed by atoms with E-state index in [1.54, 1.807) is 4.90 Å². The molecule has 18 heavy (non-hydrogen) atoms. The van der Waals surface area contributed by atoms with Gasteiger partial charge in [0, 0.05) is 11.0 Å². The third-order valence-electron chi connectivity index (χ3n) is 2.87. The van der Waals surface area contributed by atoms with Crippen molar-refractivity contribution in [1.29, 1.82) is 0 Å². The molecular formula is C13H16INO3. The molecule has 1 fully saturated rings. The van der Waals surface area contributed by atoms with Crippen LogP contribution in [0.15, 0.2) is 30.3 Å². The molecule has 1 aliphatic rings. The minimum Gasteiger partial charge on any atom is -0.440 e. The van der Waals surface area contributed by atoms with E-state index in [4.69, 9.17) is 9.47 Å². The van der Waals surface area contributed by atoms with E-state index in [1.165, 1.54) is 0 Å². The monoisotopic (exact) mass is 361 g/mol. The van der Waals surface area contributed by atoms with Gasteiger partial charge in [-0.2, -0.15) is 0 Å².